The first-order valence-corrected chi connectivity index (χ1v) is 7.85. The number of fused-ring (bicyclic) bond motifs is 1. The smallest absolute Gasteiger partial charge is 0.336 e. The summed E-state index contributed by atoms with van der Waals surface area (Å²) in [5.41, 5.74) is 6.30. The Morgan fingerprint density at radius 1 is 1.38 bits per heavy atom. The number of aromatic hydroxyl groups is 1. The van der Waals surface area contributed by atoms with Crippen molar-refractivity contribution in [2.24, 2.45) is 5.73 Å². The molecule has 1 aromatic heterocycles. The lowest BCUT2D eigenvalue weighted by atomic mass is 10.0. The molecule has 0 aliphatic rings. The third-order valence-electron chi connectivity index (χ3n) is 3.97. The average molecular weight is 334 g/mol. The van der Waals surface area contributed by atoms with Crippen molar-refractivity contribution in [2.75, 3.05) is 6.54 Å². The molecule has 0 aliphatic carbocycles. The number of hydrogen-bond acceptors (Lipinski definition) is 6. The van der Waals surface area contributed by atoms with Crippen molar-refractivity contribution in [3.05, 3.63) is 39.7 Å². The zero-order chi connectivity index (χ0) is 17.7. The van der Waals surface area contributed by atoms with Crippen LogP contribution in [0.5, 0.6) is 5.75 Å². The summed E-state index contributed by atoms with van der Waals surface area (Å²) >= 11 is 0. The molecule has 1 aromatic carbocycles. The summed E-state index contributed by atoms with van der Waals surface area (Å²) in [5, 5.41) is 23.0. The van der Waals surface area contributed by atoms with Gasteiger partial charge in [-0.1, -0.05) is 6.42 Å². The highest BCUT2D eigenvalue weighted by Crippen LogP contribution is 2.28. The Labute approximate surface area is 139 Å². The van der Waals surface area contributed by atoms with Gasteiger partial charge in [-0.05, 0) is 44.0 Å². The van der Waals surface area contributed by atoms with E-state index in [1.807, 2.05) is 0 Å². The summed E-state index contributed by atoms with van der Waals surface area (Å²) in [6.45, 7) is 2.37. The van der Waals surface area contributed by atoms with Crippen molar-refractivity contribution < 1.29 is 19.4 Å². The fourth-order valence-electron chi connectivity index (χ4n) is 2.63. The summed E-state index contributed by atoms with van der Waals surface area (Å²) in [6.07, 6.45) is 1.87. The fraction of sp³-hybridized carbons (Fsp3) is 0.412. The van der Waals surface area contributed by atoms with E-state index in [1.54, 1.807) is 13.0 Å². The summed E-state index contributed by atoms with van der Waals surface area (Å²) in [6, 6.07) is 3.80. The van der Waals surface area contributed by atoms with Gasteiger partial charge >= 0.3 is 11.6 Å². The number of carboxylic acids is 1. The highest BCUT2D eigenvalue weighted by molar-refractivity contribution is 5.85. The summed E-state index contributed by atoms with van der Waals surface area (Å²) in [5.74, 6) is -1.01. The molecule has 0 radical (unpaired) electrons. The normalized spacial score (nSPS) is 12.4. The number of rotatable bonds is 8. The molecule has 0 saturated carbocycles. The highest BCUT2D eigenvalue weighted by Gasteiger charge is 2.19. The molecular weight excluding hydrogens is 312 g/mol. The Morgan fingerprint density at radius 2 is 2.12 bits per heavy atom. The number of benzene rings is 1. The van der Waals surface area contributed by atoms with Gasteiger partial charge in [0.25, 0.3) is 0 Å². The number of unbranched alkanes of at least 4 members (excludes halogenated alkanes) is 1. The third-order valence-corrected chi connectivity index (χ3v) is 3.97. The maximum atomic E-state index is 11.6. The highest BCUT2D eigenvalue weighted by atomic mass is 16.4. The Kier molecular flexibility index (Phi) is 5.94. The van der Waals surface area contributed by atoms with Crippen molar-refractivity contribution in [1.82, 2.24) is 5.32 Å². The number of hydrogen-bond donors (Lipinski definition) is 4. The number of aryl methyl sites for hydroxylation is 1. The molecule has 24 heavy (non-hydrogen) atoms. The monoisotopic (exact) mass is 334 g/mol. The minimum absolute atomic E-state index is 0.0464. The van der Waals surface area contributed by atoms with Gasteiger partial charge in [0.2, 0.25) is 0 Å². The molecule has 130 valence electrons. The maximum Gasteiger partial charge on any atom is 0.336 e. The van der Waals surface area contributed by atoms with Crippen molar-refractivity contribution in [3.8, 4) is 5.75 Å². The van der Waals surface area contributed by atoms with Gasteiger partial charge in [0.05, 0.1) is 5.56 Å². The molecule has 1 heterocycles. The molecule has 7 heteroatoms. The number of carboxylic acid groups (broad SMARTS) is 1. The molecule has 0 spiro atoms. The molecular formula is C17H22N2O5. The fourth-order valence-corrected chi connectivity index (χ4v) is 2.63. The van der Waals surface area contributed by atoms with Gasteiger partial charge in [0.15, 0.2) is 0 Å². The Balaban J connectivity index is 2.26. The van der Waals surface area contributed by atoms with Gasteiger partial charge in [0, 0.05) is 18.0 Å². The van der Waals surface area contributed by atoms with Crippen LogP contribution in [0.3, 0.4) is 0 Å². The molecule has 7 nitrogen and oxygen atoms in total. The van der Waals surface area contributed by atoms with E-state index in [-0.39, 0.29) is 17.9 Å². The molecule has 0 bridgehead atoms. The number of carbonyl (C=O) groups is 1. The van der Waals surface area contributed by atoms with Crippen molar-refractivity contribution >= 4 is 16.9 Å². The molecule has 0 amide bonds. The SMILES string of the molecule is Cc1cc(=O)oc2c(CNC(CCCCN)C(=O)O)c(O)ccc12. The first-order valence-electron chi connectivity index (χ1n) is 7.85. The Morgan fingerprint density at radius 3 is 2.79 bits per heavy atom. The van der Waals surface area contributed by atoms with E-state index in [9.17, 15) is 19.8 Å². The zero-order valence-electron chi connectivity index (χ0n) is 13.5. The number of phenolic OH excluding ortho intramolecular Hbond substituents is 1. The summed E-state index contributed by atoms with van der Waals surface area (Å²) in [4.78, 5) is 23.0. The van der Waals surface area contributed by atoms with E-state index in [4.69, 9.17) is 10.2 Å². The van der Waals surface area contributed by atoms with Crippen LogP contribution >= 0.6 is 0 Å². The van der Waals surface area contributed by atoms with Gasteiger partial charge in [0.1, 0.15) is 17.4 Å². The third kappa shape index (κ3) is 4.12. The molecule has 0 saturated heterocycles. The average Bonchev–Trinajstić information content (AvgIpc) is 2.51. The van der Waals surface area contributed by atoms with Crippen LogP contribution in [-0.4, -0.2) is 28.8 Å². The van der Waals surface area contributed by atoms with Gasteiger partial charge in [-0.15, -0.1) is 0 Å². The summed E-state index contributed by atoms with van der Waals surface area (Å²) in [7, 11) is 0. The second-order valence-electron chi connectivity index (χ2n) is 5.74. The van der Waals surface area contributed by atoms with Crippen molar-refractivity contribution in [2.45, 2.75) is 38.8 Å². The molecule has 1 atom stereocenters. The predicted molar refractivity (Wildman–Crippen MR) is 90.1 cm³/mol. The lowest BCUT2D eigenvalue weighted by Crippen LogP contribution is -2.36. The number of nitrogens with two attached hydrogens (primary N) is 1. The molecule has 2 aromatic rings. The number of phenols is 1. The lowest BCUT2D eigenvalue weighted by molar-refractivity contribution is -0.139. The molecule has 2 rings (SSSR count). The van der Waals surface area contributed by atoms with Crippen LogP contribution in [0.1, 0.15) is 30.4 Å². The minimum atomic E-state index is -0.968. The molecule has 1 unspecified atom stereocenters. The van der Waals surface area contributed by atoms with Crippen molar-refractivity contribution in [1.29, 1.82) is 0 Å². The van der Waals surface area contributed by atoms with Crippen LogP contribution in [0.2, 0.25) is 0 Å². The van der Waals surface area contributed by atoms with E-state index in [1.165, 1.54) is 12.1 Å². The first-order chi connectivity index (χ1) is 11.4. The van der Waals surface area contributed by atoms with Crippen LogP contribution < -0.4 is 16.7 Å². The second kappa shape index (κ2) is 7.94. The second-order valence-corrected chi connectivity index (χ2v) is 5.74. The van der Waals surface area contributed by atoms with Gasteiger partial charge < -0.3 is 25.7 Å². The molecule has 0 fully saturated rings. The van der Waals surface area contributed by atoms with Crippen LogP contribution in [-0.2, 0) is 11.3 Å². The van der Waals surface area contributed by atoms with E-state index >= 15 is 0 Å². The van der Waals surface area contributed by atoms with Gasteiger partial charge in [-0.3, -0.25) is 4.79 Å². The van der Waals surface area contributed by atoms with Crippen LogP contribution in [0.4, 0.5) is 0 Å². The van der Waals surface area contributed by atoms with E-state index < -0.39 is 17.6 Å². The maximum absolute atomic E-state index is 11.6. The lowest BCUT2D eigenvalue weighted by Gasteiger charge is -2.16. The largest absolute Gasteiger partial charge is 0.507 e. The Bertz CT molecular complexity index is 784. The van der Waals surface area contributed by atoms with Crippen LogP contribution in [0, 0.1) is 6.92 Å². The first kappa shape index (κ1) is 18.0. The van der Waals surface area contributed by atoms with Crippen LogP contribution in [0.15, 0.2) is 27.4 Å². The van der Waals surface area contributed by atoms with Gasteiger partial charge in [-0.2, -0.15) is 0 Å². The van der Waals surface area contributed by atoms with Crippen LogP contribution in [0.25, 0.3) is 11.0 Å². The Hall–Kier alpha value is -2.38. The van der Waals surface area contributed by atoms with E-state index in [2.05, 4.69) is 5.32 Å². The minimum Gasteiger partial charge on any atom is -0.507 e. The number of aliphatic carboxylic acids is 1. The zero-order valence-corrected chi connectivity index (χ0v) is 13.5. The van der Waals surface area contributed by atoms with Gasteiger partial charge in [-0.25, -0.2) is 4.79 Å². The van der Waals surface area contributed by atoms with E-state index in [0.717, 1.165) is 12.0 Å². The van der Waals surface area contributed by atoms with Crippen molar-refractivity contribution in [3.63, 3.8) is 0 Å². The topological polar surface area (TPSA) is 126 Å². The molecule has 5 N–H and O–H groups in total. The quantitative estimate of drug-likeness (QED) is 0.425. The van der Waals surface area contributed by atoms with E-state index in [0.29, 0.717) is 30.3 Å². The summed E-state index contributed by atoms with van der Waals surface area (Å²) < 4.78 is 5.23. The molecule has 0 aliphatic heterocycles. The standard InChI is InChI=1S/C17H22N2O5/c1-10-8-15(21)24-16-11(10)5-6-14(20)12(16)9-19-13(17(22)23)4-2-3-7-18/h5-6,8,13,19-20H,2-4,7,9,18H2,1H3,(H,22,23). The predicted octanol–water partition coefficient (Wildman–Crippen LogP) is 1.48. The number of nitrogens with one attached hydrogen (secondary N) is 1.